The summed E-state index contributed by atoms with van der Waals surface area (Å²) in [6.07, 6.45) is 3.34. The summed E-state index contributed by atoms with van der Waals surface area (Å²) in [6.45, 7) is 1.46. The first kappa shape index (κ1) is 10.4. The monoisotopic (exact) mass is 170 g/mol. The Morgan fingerprint density at radius 3 is 2.42 bits per heavy atom. The molecule has 0 atom stereocenters. The van der Waals surface area contributed by atoms with Gasteiger partial charge < -0.3 is 9.84 Å². The van der Waals surface area contributed by atoms with E-state index in [9.17, 15) is 9.59 Å². The van der Waals surface area contributed by atoms with E-state index < -0.39 is 11.8 Å². The van der Waals surface area contributed by atoms with Gasteiger partial charge in [0.25, 0.3) is 5.78 Å². The molecule has 0 bridgehead atoms. The first-order valence-electron chi connectivity index (χ1n) is 3.23. The van der Waals surface area contributed by atoms with Crippen LogP contribution in [0.2, 0.25) is 0 Å². The van der Waals surface area contributed by atoms with Gasteiger partial charge in [-0.1, -0.05) is 6.08 Å². The Morgan fingerprint density at radius 1 is 1.42 bits per heavy atom. The number of hydrogen-bond donors (Lipinski definition) is 1. The van der Waals surface area contributed by atoms with Gasteiger partial charge in [-0.3, -0.25) is 4.79 Å². The minimum atomic E-state index is -0.907. The first-order valence-corrected chi connectivity index (χ1v) is 3.23. The average molecular weight is 170 g/mol. The molecule has 0 fully saturated rings. The van der Waals surface area contributed by atoms with E-state index in [1.807, 2.05) is 0 Å². The van der Waals surface area contributed by atoms with E-state index in [0.29, 0.717) is 0 Å². The molecule has 4 heteroatoms. The van der Waals surface area contributed by atoms with Crippen LogP contribution in [-0.4, -0.2) is 24.0 Å². The van der Waals surface area contributed by atoms with Crippen LogP contribution in [0, 0.1) is 0 Å². The molecule has 0 aliphatic heterocycles. The van der Waals surface area contributed by atoms with Crippen molar-refractivity contribution in [3.05, 3.63) is 24.0 Å². The molecule has 0 radical (unpaired) electrons. The molecule has 0 saturated heterocycles. The van der Waals surface area contributed by atoms with Gasteiger partial charge in [-0.15, -0.1) is 0 Å². The summed E-state index contributed by atoms with van der Waals surface area (Å²) in [5.74, 6) is -1.62. The second kappa shape index (κ2) is 5.12. The summed E-state index contributed by atoms with van der Waals surface area (Å²) in [5, 5.41) is 8.24. The lowest BCUT2D eigenvalue weighted by Gasteiger charge is -1.95. The molecule has 0 amide bonds. The standard InChI is InChI=1S/C8H10O4/c1-6(4-3-5-9)7(10)8(11)12-2/h3-5,9H,1-2H3/b5-3-,6-4+. The number of allylic oxidation sites excluding steroid dienone is 2. The van der Waals surface area contributed by atoms with Crippen LogP contribution in [0.1, 0.15) is 6.92 Å². The average Bonchev–Trinajstić information content (AvgIpc) is 2.11. The Kier molecular flexibility index (Phi) is 4.45. The number of aliphatic hydroxyl groups excluding tert-OH is 1. The zero-order valence-electron chi connectivity index (χ0n) is 6.90. The molecule has 12 heavy (non-hydrogen) atoms. The minimum Gasteiger partial charge on any atom is -0.516 e. The largest absolute Gasteiger partial charge is 0.516 e. The summed E-state index contributed by atoms with van der Waals surface area (Å²) >= 11 is 0. The van der Waals surface area contributed by atoms with Crippen molar-refractivity contribution in [3.63, 3.8) is 0 Å². The van der Waals surface area contributed by atoms with E-state index in [1.165, 1.54) is 19.1 Å². The van der Waals surface area contributed by atoms with Crippen molar-refractivity contribution in [2.75, 3.05) is 7.11 Å². The van der Waals surface area contributed by atoms with E-state index in [2.05, 4.69) is 4.74 Å². The van der Waals surface area contributed by atoms with Crippen LogP contribution in [0.5, 0.6) is 0 Å². The zero-order valence-corrected chi connectivity index (χ0v) is 6.90. The van der Waals surface area contributed by atoms with E-state index in [1.54, 1.807) is 0 Å². The highest BCUT2D eigenvalue weighted by molar-refractivity contribution is 6.40. The van der Waals surface area contributed by atoms with E-state index in [0.717, 1.165) is 13.4 Å². The van der Waals surface area contributed by atoms with Gasteiger partial charge in [0.15, 0.2) is 0 Å². The number of carbonyl (C=O) groups is 2. The quantitative estimate of drug-likeness (QED) is 0.223. The SMILES string of the molecule is COC(=O)C(=O)/C(C)=C/C=C\O. The normalized spacial score (nSPS) is 11.7. The van der Waals surface area contributed by atoms with Gasteiger partial charge in [0.05, 0.1) is 13.4 Å². The highest BCUT2D eigenvalue weighted by atomic mass is 16.5. The van der Waals surface area contributed by atoms with Crippen LogP contribution in [0.4, 0.5) is 0 Å². The van der Waals surface area contributed by atoms with Crippen molar-refractivity contribution in [2.45, 2.75) is 6.92 Å². The second-order valence-electron chi connectivity index (χ2n) is 2.01. The van der Waals surface area contributed by atoms with Crippen molar-refractivity contribution >= 4 is 11.8 Å². The highest BCUT2D eigenvalue weighted by Gasteiger charge is 2.14. The zero-order chi connectivity index (χ0) is 9.56. The lowest BCUT2D eigenvalue weighted by Crippen LogP contribution is -2.16. The van der Waals surface area contributed by atoms with Crippen molar-refractivity contribution in [1.29, 1.82) is 0 Å². The first-order chi connectivity index (χ1) is 5.63. The van der Waals surface area contributed by atoms with Gasteiger partial charge in [-0.25, -0.2) is 4.79 Å². The van der Waals surface area contributed by atoms with E-state index in [4.69, 9.17) is 5.11 Å². The van der Waals surface area contributed by atoms with Gasteiger partial charge >= 0.3 is 5.97 Å². The number of ether oxygens (including phenoxy) is 1. The molecular weight excluding hydrogens is 160 g/mol. The predicted molar refractivity (Wildman–Crippen MR) is 42.5 cm³/mol. The maximum Gasteiger partial charge on any atom is 0.379 e. The number of aliphatic hydroxyl groups is 1. The molecule has 0 saturated carbocycles. The fraction of sp³-hybridized carbons (Fsp3) is 0.250. The Balaban J connectivity index is 4.39. The summed E-state index contributed by atoms with van der Waals surface area (Å²) in [5.41, 5.74) is 0.215. The molecule has 0 aromatic rings. The molecule has 1 N–H and O–H groups in total. The number of hydrogen-bond acceptors (Lipinski definition) is 4. The van der Waals surface area contributed by atoms with E-state index >= 15 is 0 Å². The number of Topliss-reactive ketones (excluding diaryl/α,β-unsaturated/α-hetero) is 1. The fourth-order valence-electron chi connectivity index (χ4n) is 0.517. The third-order valence-corrected chi connectivity index (χ3v) is 1.16. The lowest BCUT2D eigenvalue weighted by atomic mass is 10.2. The minimum absolute atomic E-state index is 0.215. The number of carbonyl (C=O) groups excluding carboxylic acids is 2. The molecule has 0 spiro atoms. The van der Waals surface area contributed by atoms with Gasteiger partial charge in [-0.05, 0) is 13.0 Å². The maximum atomic E-state index is 10.9. The lowest BCUT2D eigenvalue weighted by molar-refractivity contribution is -0.149. The Morgan fingerprint density at radius 2 is 2.00 bits per heavy atom. The summed E-state index contributed by atoms with van der Waals surface area (Å²) in [6, 6.07) is 0. The molecule has 0 aliphatic rings. The maximum absolute atomic E-state index is 10.9. The van der Waals surface area contributed by atoms with Gasteiger partial charge in [0, 0.05) is 5.57 Å². The fourth-order valence-corrected chi connectivity index (χ4v) is 0.517. The third kappa shape index (κ3) is 3.01. The Labute approximate surface area is 70.1 Å². The van der Waals surface area contributed by atoms with Crippen LogP contribution >= 0.6 is 0 Å². The number of rotatable bonds is 3. The smallest absolute Gasteiger partial charge is 0.379 e. The number of methoxy groups -OCH3 is 1. The molecule has 0 aromatic heterocycles. The Bertz CT molecular complexity index is 237. The predicted octanol–water partition coefficient (Wildman–Crippen LogP) is 0.746. The van der Waals surface area contributed by atoms with Crippen LogP contribution in [0.3, 0.4) is 0 Å². The Hall–Kier alpha value is -1.58. The van der Waals surface area contributed by atoms with Crippen LogP contribution in [0.15, 0.2) is 24.0 Å². The van der Waals surface area contributed by atoms with Crippen LogP contribution in [0.25, 0.3) is 0 Å². The molecular formula is C8H10O4. The van der Waals surface area contributed by atoms with E-state index in [-0.39, 0.29) is 5.57 Å². The summed E-state index contributed by atoms with van der Waals surface area (Å²) in [4.78, 5) is 21.5. The number of ketones is 1. The molecule has 0 aliphatic carbocycles. The van der Waals surface area contributed by atoms with Gasteiger partial charge in [0.1, 0.15) is 0 Å². The van der Waals surface area contributed by atoms with Gasteiger partial charge in [0.2, 0.25) is 0 Å². The molecule has 0 aromatic carbocycles. The topological polar surface area (TPSA) is 63.6 Å². The number of esters is 1. The molecule has 0 rings (SSSR count). The third-order valence-electron chi connectivity index (χ3n) is 1.16. The van der Waals surface area contributed by atoms with Crippen molar-refractivity contribution in [3.8, 4) is 0 Å². The van der Waals surface area contributed by atoms with Crippen LogP contribution < -0.4 is 0 Å². The van der Waals surface area contributed by atoms with Crippen molar-refractivity contribution in [2.24, 2.45) is 0 Å². The second-order valence-corrected chi connectivity index (χ2v) is 2.01. The highest BCUT2D eigenvalue weighted by Crippen LogP contribution is 1.96. The van der Waals surface area contributed by atoms with Crippen molar-refractivity contribution in [1.82, 2.24) is 0 Å². The van der Waals surface area contributed by atoms with Crippen molar-refractivity contribution < 1.29 is 19.4 Å². The molecule has 0 unspecified atom stereocenters. The molecule has 66 valence electrons. The van der Waals surface area contributed by atoms with Gasteiger partial charge in [-0.2, -0.15) is 0 Å². The van der Waals surface area contributed by atoms with Crippen LogP contribution in [-0.2, 0) is 14.3 Å². The molecule has 4 nitrogen and oxygen atoms in total. The summed E-state index contributed by atoms with van der Waals surface area (Å²) < 4.78 is 4.20. The summed E-state index contributed by atoms with van der Waals surface area (Å²) in [7, 11) is 1.13. The molecule has 0 heterocycles.